The van der Waals surface area contributed by atoms with Crippen LogP contribution in [0.1, 0.15) is 6.42 Å². The van der Waals surface area contributed by atoms with Gasteiger partial charge in [-0.2, -0.15) is 0 Å². The Morgan fingerprint density at radius 1 is 1.20 bits per heavy atom. The molecule has 1 aliphatic carbocycles. The first kappa shape index (κ1) is 6.13. The lowest BCUT2D eigenvalue weighted by Crippen LogP contribution is -2.13. The molecule has 0 amide bonds. The molecule has 10 heavy (non-hydrogen) atoms. The fourth-order valence-corrected chi connectivity index (χ4v) is 1.30. The van der Waals surface area contributed by atoms with Gasteiger partial charge in [0, 0.05) is 12.3 Å². The molecule has 0 aromatic carbocycles. The lowest BCUT2D eigenvalue weighted by Gasteiger charge is -2.09. The molecule has 0 radical (unpaired) electrons. The van der Waals surface area contributed by atoms with E-state index in [1.165, 1.54) is 0 Å². The van der Waals surface area contributed by atoms with Gasteiger partial charge in [-0.1, -0.05) is 24.3 Å². The Hall–Kier alpha value is -0.600. The van der Waals surface area contributed by atoms with Crippen molar-refractivity contribution in [3.63, 3.8) is 0 Å². The summed E-state index contributed by atoms with van der Waals surface area (Å²) in [5.41, 5.74) is 0. The fourth-order valence-electron chi connectivity index (χ4n) is 1.30. The van der Waals surface area contributed by atoms with Crippen molar-refractivity contribution in [3.05, 3.63) is 24.3 Å². The highest BCUT2D eigenvalue weighted by Gasteiger charge is 2.24. The smallest absolute Gasteiger partial charge is 0.105 e. The first-order valence-electron chi connectivity index (χ1n) is 3.60. The molecule has 2 aliphatic rings. The summed E-state index contributed by atoms with van der Waals surface area (Å²) in [5.74, 6) is 0.447. The summed E-state index contributed by atoms with van der Waals surface area (Å²) in [6.07, 6.45) is 9.64. The molecule has 1 aliphatic heterocycles. The quantitative estimate of drug-likeness (QED) is 0.510. The van der Waals surface area contributed by atoms with E-state index in [1.54, 1.807) is 0 Å². The summed E-state index contributed by atoms with van der Waals surface area (Å²) in [5, 5.41) is 0. The maximum Gasteiger partial charge on any atom is 0.105 e. The second kappa shape index (κ2) is 2.56. The van der Waals surface area contributed by atoms with Crippen molar-refractivity contribution in [1.82, 2.24) is 0 Å². The molecular formula is C8H10O2. The van der Waals surface area contributed by atoms with E-state index >= 15 is 0 Å². The van der Waals surface area contributed by atoms with Gasteiger partial charge < -0.3 is 0 Å². The molecule has 1 unspecified atom stereocenters. The van der Waals surface area contributed by atoms with Gasteiger partial charge in [0.25, 0.3) is 0 Å². The van der Waals surface area contributed by atoms with E-state index in [0.29, 0.717) is 5.92 Å². The summed E-state index contributed by atoms with van der Waals surface area (Å²) in [6, 6.07) is 0. The minimum Gasteiger partial charge on any atom is -0.236 e. The molecule has 1 atom stereocenters. The van der Waals surface area contributed by atoms with Crippen molar-refractivity contribution in [3.8, 4) is 0 Å². The van der Waals surface area contributed by atoms with Crippen molar-refractivity contribution in [2.24, 2.45) is 5.92 Å². The SMILES string of the molecule is C1=CC(C2CCOO2)C=C1. The third kappa shape index (κ3) is 1.00. The summed E-state index contributed by atoms with van der Waals surface area (Å²) in [7, 11) is 0. The Morgan fingerprint density at radius 3 is 2.60 bits per heavy atom. The normalized spacial score (nSPS) is 32.2. The zero-order valence-electron chi connectivity index (χ0n) is 5.69. The predicted molar refractivity (Wildman–Crippen MR) is 37.2 cm³/mol. The average molecular weight is 138 g/mol. The first-order chi connectivity index (χ1) is 4.97. The predicted octanol–water partition coefficient (Wildman–Crippen LogP) is 1.45. The van der Waals surface area contributed by atoms with Gasteiger partial charge in [0.15, 0.2) is 0 Å². The minimum absolute atomic E-state index is 0.259. The van der Waals surface area contributed by atoms with Crippen LogP contribution in [0.3, 0.4) is 0 Å². The van der Waals surface area contributed by atoms with Crippen LogP contribution in [0.4, 0.5) is 0 Å². The molecule has 0 N–H and O–H groups in total. The van der Waals surface area contributed by atoms with Gasteiger partial charge >= 0.3 is 0 Å². The molecular weight excluding hydrogens is 128 g/mol. The van der Waals surface area contributed by atoms with Crippen LogP contribution >= 0.6 is 0 Å². The van der Waals surface area contributed by atoms with Crippen molar-refractivity contribution < 1.29 is 9.78 Å². The standard InChI is InChI=1S/C8H10O2/c1-2-4-7(3-1)8-5-6-9-10-8/h1-4,7-8H,5-6H2. The molecule has 1 fully saturated rings. The van der Waals surface area contributed by atoms with Gasteiger partial charge in [0.1, 0.15) is 6.10 Å². The van der Waals surface area contributed by atoms with Gasteiger partial charge in [-0.25, -0.2) is 9.78 Å². The van der Waals surface area contributed by atoms with Crippen LogP contribution in [0.15, 0.2) is 24.3 Å². The van der Waals surface area contributed by atoms with E-state index in [-0.39, 0.29) is 6.10 Å². The Kier molecular flexibility index (Phi) is 1.57. The highest BCUT2D eigenvalue weighted by atomic mass is 17.2. The highest BCUT2D eigenvalue weighted by Crippen LogP contribution is 2.23. The third-order valence-electron chi connectivity index (χ3n) is 1.88. The maximum atomic E-state index is 5.03. The van der Waals surface area contributed by atoms with E-state index in [2.05, 4.69) is 12.2 Å². The van der Waals surface area contributed by atoms with Gasteiger partial charge in [0.2, 0.25) is 0 Å². The third-order valence-corrected chi connectivity index (χ3v) is 1.88. The zero-order chi connectivity index (χ0) is 6.81. The second-order valence-corrected chi connectivity index (χ2v) is 2.59. The van der Waals surface area contributed by atoms with E-state index in [9.17, 15) is 0 Å². The molecule has 0 aromatic rings. The fraction of sp³-hybridized carbons (Fsp3) is 0.500. The Labute approximate surface area is 60.1 Å². The maximum absolute atomic E-state index is 5.03. The molecule has 1 saturated heterocycles. The van der Waals surface area contributed by atoms with Gasteiger partial charge in [-0.15, -0.1) is 0 Å². The number of allylic oxidation sites excluding steroid dienone is 2. The monoisotopic (exact) mass is 138 g/mol. The summed E-state index contributed by atoms with van der Waals surface area (Å²) in [4.78, 5) is 9.84. The summed E-state index contributed by atoms with van der Waals surface area (Å²) in [6.45, 7) is 0.739. The molecule has 0 spiro atoms. The number of rotatable bonds is 1. The van der Waals surface area contributed by atoms with Crippen molar-refractivity contribution in [2.45, 2.75) is 12.5 Å². The number of hydrogen-bond acceptors (Lipinski definition) is 2. The van der Waals surface area contributed by atoms with Crippen LogP contribution in [-0.4, -0.2) is 12.7 Å². The van der Waals surface area contributed by atoms with Gasteiger partial charge in [-0.3, -0.25) is 0 Å². The lowest BCUT2D eigenvalue weighted by atomic mass is 10.0. The van der Waals surface area contributed by atoms with Gasteiger partial charge in [-0.05, 0) is 0 Å². The molecule has 54 valence electrons. The van der Waals surface area contributed by atoms with Crippen molar-refractivity contribution in [1.29, 1.82) is 0 Å². The van der Waals surface area contributed by atoms with E-state index in [1.807, 2.05) is 12.2 Å². The van der Waals surface area contributed by atoms with Crippen LogP contribution in [0.5, 0.6) is 0 Å². The Balaban J connectivity index is 1.98. The molecule has 0 aromatic heterocycles. The highest BCUT2D eigenvalue weighted by molar-refractivity contribution is 5.19. The molecule has 2 heteroatoms. The largest absolute Gasteiger partial charge is 0.236 e. The van der Waals surface area contributed by atoms with Crippen LogP contribution in [0.2, 0.25) is 0 Å². The zero-order valence-corrected chi connectivity index (χ0v) is 5.69. The van der Waals surface area contributed by atoms with Crippen LogP contribution in [0.25, 0.3) is 0 Å². The topological polar surface area (TPSA) is 18.5 Å². The molecule has 0 bridgehead atoms. The molecule has 1 heterocycles. The van der Waals surface area contributed by atoms with E-state index in [0.717, 1.165) is 13.0 Å². The van der Waals surface area contributed by atoms with Gasteiger partial charge in [0.05, 0.1) is 6.61 Å². The second-order valence-electron chi connectivity index (χ2n) is 2.59. The van der Waals surface area contributed by atoms with Crippen molar-refractivity contribution in [2.75, 3.05) is 6.61 Å². The Morgan fingerprint density at radius 2 is 2.00 bits per heavy atom. The molecule has 2 nitrogen and oxygen atoms in total. The minimum atomic E-state index is 0.259. The van der Waals surface area contributed by atoms with E-state index in [4.69, 9.17) is 9.78 Å². The summed E-state index contributed by atoms with van der Waals surface area (Å²) >= 11 is 0. The lowest BCUT2D eigenvalue weighted by molar-refractivity contribution is -0.278. The van der Waals surface area contributed by atoms with Crippen LogP contribution in [-0.2, 0) is 9.78 Å². The average Bonchev–Trinajstić information content (AvgIpc) is 2.59. The Bertz CT molecular complexity index is 154. The van der Waals surface area contributed by atoms with E-state index < -0.39 is 0 Å². The molecule has 2 rings (SSSR count). The van der Waals surface area contributed by atoms with Crippen LogP contribution in [0, 0.1) is 5.92 Å². The molecule has 0 saturated carbocycles. The summed E-state index contributed by atoms with van der Waals surface area (Å²) < 4.78 is 0. The first-order valence-corrected chi connectivity index (χ1v) is 3.60. The number of hydrogen-bond donors (Lipinski definition) is 0. The van der Waals surface area contributed by atoms with Crippen LogP contribution < -0.4 is 0 Å². The van der Waals surface area contributed by atoms with Crippen molar-refractivity contribution >= 4 is 0 Å².